The summed E-state index contributed by atoms with van der Waals surface area (Å²) in [5, 5.41) is 8.70. The minimum absolute atomic E-state index is 0.0696. The number of nitrogens with zero attached hydrogens (tertiary/aromatic N) is 5. The molecule has 2 aromatic heterocycles. The molecule has 3 heterocycles. The van der Waals surface area contributed by atoms with Crippen LogP contribution in [0.15, 0.2) is 41.3 Å². The van der Waals surface area contributed by atoms with Gasteiger partial charge in [0, 0.05) is 62.6 Å². The van der Waals surface area contributed by atoms with Crippen LogP contribution in [-0.4, -0.2) is 76.4 Å². The molecule has 0 bridgehead atoms. The van der Waals surface area contributed by atoms with Crippen LogP contribution in [0.25, 0.3) is 10.8 Å². The first kappa shape index (κ1) is 22.2. The summed E-state index contributed by atoms with van der Waals surface area (Å²) >= 11 is 0. The normalized spacial score (nSPS) is 15.3. The SMILES string of the molecule is Cc1c2cnn(CC(=O)NCCN3CCN(C)CC3)c(=O)c2c(C)n1Cc1ccccc1. The average Bonchev–Trinajstić information content (AvgIpc) is 3.03. The van der Waals surface area contributed by atoms with Crippen molar-refractivity contribution in [1.82, 2.24) is 29.5 Å². The van der Waals surface area contributed by atoms with Gasteiger partial charge >= 0.3 is 0 Å². The number of hydrogen-bond acceptors (Lipinski definition) is 5. The molecule has 0 spiro atoms. The maximum atomic E-state index is 13.1. The van der Waals surface area contributed by atoms with Crippen molar-refractivity contribution < 1.29 is 4.79 Å². The number of aromatic nitrogens is 3. The number of aryl methyl sites for hydroxylation is 2. The number of rotatable bonds is 7. The molecule has 1 aromatic carbocycles. The van der Waals surface area contributed by atoms with Crippen LogP contribution in [0.1, 0.15) is 17.0 Å². The molecular formula is C24H32N6O2. The van der Waals surface area contributed by atoms with E-state index in [1.807, 2.05) is 32.0 Å². The van der Waals surface area contributed by atoms with Gasteiger partial charge in [-0.2, -0.15) is 5.10 Å². The second kappa shape index (κ2) is 9.67. The molecule has 0 atom stereocenters. The van der Waals surface area contributed by atoms with Gasteiger partial charge in [-0.15, -0.1) is 0 Å². The lowest BCUT2D eigenvalue weighted by Gasteiger charge is -2.32. The van der Waals surface area contributed by atoms with Crippen LogP contribution in [0.5, 0.6) is 0 Å². The predicted molar refractivity (Wildman–Crippen MR) is 126 cm³/mol. The standard InChI is InChI=1S/C24H32N6O2/c1-18-21-15-26-30(17-22(31)25-9-10-28-13-11-27(3)12-14-28)24(32)23(21)19(2)29(18)16-20-7-5-4-6-8-20/h4-8,15H,9-14,16-17H2,1-3H3,(H,25,31). The molecular weight excluding hydrogens is 404 g/mol. The smallest absolute Gasteiger partial charge is 0.276 e. The lowest BCUT2D eigenvalue weighted by molar-refractivity contribution is -0.122. The Morgan fingerprint density at radius 2 is 1.78 bits per heavy atom. The fraction of sp³-hybridized carbons (Fsp3) is 0.458. The number of hydrogen-bond donors (Lipinski definition) is 1. The molecule has 0 aliphatic carbocycles. The van der Waals surface area contributed by atoms with Gasteiger partial charge < -0.3 is 14.8 Å². The zero-order valence-corrected chi connectivity index (χ0v) is 19.2. The quantitative estimate of drug-likeness (QED) is 0.603. The lowest BCUT2D eigenvalue weighted by atomic mass is 10.2. The Balaban J connectivity index is 1.44. The number of piperazine rings is 1. The van der Waals surface area contributed by atoms with Crippen molar-refractivity contribution in [2.45, 2.75) is 26.9 Å². The van der Waals surface area contributed by atoms with E-state index >= 15 is 0 Å². The second-order valence-electron chi connectivity index (χ2n) is 8.63. The van der Waals surface area contributed by atoms with Crippen LogP contribution in [0.2, 0.25) is 0 Å². The summed E-state index contributed by atoms with van der Waals surface area (Å²) in [4.78, 5) is 30.3. The molecule has 0 unspecified atom stereocenters. The van der Waals surface area contributed by atoms with E-state index in [1.165, 1.54) is 10.2 Å². The highest BCUT2D eigenvalue weighted by Gasteiger charge is 2.18. The number of likely N-dealkylation sites (N-methyl/N-ethyl adjacent to an activating group) is 1. The molecule has 8 heteroatoms. The number of fused-ring (bicyclic) bond motifs is 1. The van der Waals surface area contributed by atoms with Crippen LogP contribution in [0.4, 0.5) is 0 Å². The molecule has 1 aliphatic rings. The maximum absolute atomic E-state index is 13.1. The topological polar surface area (TPSA) is 75.4 Å². The van der Waals surface area contributed by atoms with Crippen molar-refractivity contribution in [1.29, 1.82) is 0 Å². The first-order chi connectivity index (χ1) is 15.4. The zero-order chi connectivity index (χ0) is 22.7. The number of amides is 1. The summed E-state index contributed by atoms with van der Waals surface area (Å²) in [6.45, 7) is 10.1. The van der Waals surface area contributed by atoms with Gasteiger partial charge in [0.25, 0.3) is 5.56 Å². The van der Waals surface area contributed by atoms with E-state index in [0.717, 1.165) is 49.5 Å². The summed E-state index contributed by atoms with van der Waals surface area (Å²) in [5.74, 6) is -0.189. The summed E-state index contributed by atoms with van der Waals surface area (Å²) in [6.07, 6.45) is 1.71. The fourth-order valence-electron chi connectivity index (χ4n) is 4.38. The molecule has 0 radical (unpaired) electrons. The summed E-state index contributed by atoms with van der Waals surface area (Å²) in [6, 6.07) is 10.2. The van der Waals surface area contributed by atoms with Gasteiger partial charge in [0.1, 0.15) is 6.54 Å². The molecule has 3 aromatic rings. The Kier molecular flexibility index (Phi) is 6.72. The van der Waals surface area contributed by atoms with Gasteiger partial charge in [-0.25, -0.2) is 4.68 Å². The van der Waals surface area contributed by atoms with Crippen LogP contribution in [0.3, 0.4) is 0 Å². The molecule has 170 valence electrons. The average molecular weight is 437 g/mol. The number of nitrogens with one attached hydrogen (secondary N) is 1. The molecule has 1 fully saturated rings. The molecule has 32 heavy (non-hydrogen) atoms. The third-order valence-electron chi connectivity index (χ3n) is 6.43. The number of carbonyl (C=O) groups excluding carboxylic acids is 1. The van der Waals surface area contributed by atoms with Gasteiger partial charge in [0.2, 0.25) is 5.91 Å². The molecule has 0 saturated carbocycles. The first-order valence-corrected chi connectivity index (χ1v) is 11.2. The van der Waals surface area contributed by atoms with Crippen LogP contribution in [-0.2, 0) is 17.9 Å². The van der Waals surface area contributed by atoms with Crippen molar-refractivity contribution >= 4 is 16.7 Å². The highest BCUT2D eigenvalue weighted by atomic mass is 16.2. The molecule has 1 aliphatic heterocycles. The predicted octanol–water partition coefficient (Wildman–Crippen LogP) is 1.23. The Hall–Kier alpha value is -2.97. The minimum atomic E-state index is -0.218. The first-order valence-electron chi connectivity index (χ1n) is 11.2. The van der Waals surface area contributed by atoms with Gasteiger partial charge in [-0.1, -0.05) is 30.3 Å². The van der Waals surface area contributed by atoms with E-state index < -0.39 is 0 Å². The minimum Gasteiger partial charge on any atom is -0.353 e. The van der Waals surface area contributed by atoms with Crippen molar-refractivity contribution in [3.8, 4) is 0 Å². The van der Waals surface area contributed by atoms with E-state index in [1.54, 1.807) is 6.20 Å². The highest BCUT2D eigenvalue weighted by molar-refractivity contribution is 5.87. The van der Waals surface area contributed by atoms with Crippen molar-refractivity contribution in [3.05, 3.63) is 63.8 Å². The van der Waals surface area contributed by atoms with Crippen LogP contribution < -0.4 is 10.9 Å². The Bertz CT molecular complexity index is 1140. The van der Waals surface area contributed by atoms with Gasteiger partial charge in [-0.3, -0.25) is 14.5 Å². The highest BCUT2D eigenvalue weighted by Crippen LogP contribution is 2.23. The van der Waals surface area contributed by atoms with Gasteiger partial charge in [-0.05, 0) is 26.5 Å². The molecule has 8 nitrogen and oxygen atoms in total. The Morgan fingerprint density at radius 1 is 1.06 bits per heavy atom. The molecule has 4 rings (SSSR count). The van der Waals surface area contributed by atoms with E-state index in [2.05, 4.69) is 44.0 Å². The number of carbonyl (C=O) groups is 1. The van der Waals surface area contributed by atoms with Gasteiger partial charge in [0.15, 0.2) is 0 Å². The van der Waals surface area contributed by atoms with Gasteiger partial charge in [0.05, 0.1) is 11.6 Å². The summed E-state index contributed by atoms with van der Waals surface area (Å²) in [5.41, 5.74) is 2.86. The maximum Gasteiger partial charge on any atom is 0.276 e. The second-order valence-corrected chi connectivity index (χ2v) is 8.63. The van der Waals surface area contributed by atoms with E-state index in [0.29, 0.717) is 18.5 Å². The fourth-order valence-corrected chi connectivity index (χ4v) is 4.38. The summed E-state index contributed by atoms with van der Waals surface area (Å²) < 4.78 is 3.41. The third-order valence-corrected chi connectivity index (χ3v) is 6.43. The Morgan fingerprint density at radius 3 is 2.50 bits per heavy atom. The summed E-state index contributed by atoms with van der Waals surface area (Å²) in [7, 11) is 2.12. The van der Waals surface area contributed by atoms with E-state index in [-0.39, 0.29) is 18.0 Å². The zero-order valence-electron chi connectivity index (χ0n) is 19.2. The number of benzene rings is 1. The van der Waals surface area contributed by atoms with E-state index in [4.69, 9.17) is 0 Å². The largest absolute Gasteiger partial charge is 0.353 e. The van der Waals surface area contributed by atoms with Crippen molar-refractivity contribution in [3.63, 3.8) is 0 Å². The third kappa shape index (κ3) is 4.76. The monoisotopic (exact) mass is 436 g/mol. The molecule has 1 amide bonds. The lowest BCUT2D eigenvalue weighted by Crippen LogP contribution is -2.47. The Labute approximate surface area is 188 Å². The molecule has 1 N–H and O–H groups in total. The van der Waals surface area contributed by atoms with E-state index in [9.17, 15) is 9.59 Å². The van der Waals surface area contributed by atoms with Crippen LogP contribution in [0, 0.1) is 13.8 Å². The van der Waals surface area contributed by atoms with Crippen molar-refractivity contribution in [2.75, 3.05) is 46.3 Å². The molecule has 1 saturated heterocycles. The van der Waals surface area contributed by atoms with Crippen molar-refractivity contribution in [2.24, 2.45) is 0 Å². The van der Waals surface area contributed by atoms with Crippen LogP contribution >= 0.6 is 0 Å².